The van der Waals surface area contributed by atoms with Crippen LogP contribution >= 0.6 is 0 Å². The summed E-state index contributed by atoms with van der Waals surface area (Å²) in [6.45, 7) is 3.68. The molecule has 4 heteroatoms. The Kier molecular flexibility index (Phi) is 3.97. The zero-order chi connectivity index (χ0) is 12.3. The maximum absolute atomic E-state index is 5.81. The molecule has 17 heavy (non-hydrogen) atoms. The highest BCUT2D eigenvalue weighted by molar-refractivity contribution is 5.40. The Bertz CT molecular complexity index is 344. The Morgan fingerprint density at radius 1 is 1.41 bits per heavy atom. The minimum Gasteiger partial charge on any atom is -0.381 e. The van der Waals surface area contributed by atoms with E-state index in [0.717, 1.165) is 37.4 Å². The van der Waals surface area contributed by atoms with Crippen LogP contribution in [0.4, 0.5) is 5.82 Å². The van der Waals surface area contributed by atoms with E-state index in [1.165, 1.54) is 0 Å². The largest absolute Gasteiger partial charge is 0.381 e. The van der Waals surface area contributed by atoms with Gasteiger partial charge in [0.05, 0.1) is 0 Å². The van der Waals surface area contributed by atoms with Crippen molar-refractivity contribution in [2.75, 3.05) is 25.2 Å². The van der Waals surface area contributed by atoms with Gasteiger partial charge >= 0.3 is 0 Å². The summed E-state index contributed by atoms with van der Waals surface area (Å²) in [6, 6.07) is 4.69. The maximum atomic E-state index is 5.81. The zero-order valence-electron chi connectivity index (χ0n) is 10.6. The van der Waals surface area contributed by atoms with Crippen LogP contribution in [0.25, 0.3) is 0 Å². The molecule has 1 aromatic heterocycles. The molecule has 1 atom stereocenters. The number of rotatable bonds is 3. The van der Waals surface area contributed by atoms with Gasteiger partial charge in [-0.2, -0.15) is 0 Å². The lowest BCUT2D eigenvalue weighted by molar-refractivity contribution is 0.0853. The second-order valence-electron chi connectivity index (χ2n) is 4.69. The Balaban J connectivity index is 2.05. The molecule has 0 unspecified atom stereocenters. The third-order valence-electron chi connectivity index (χ3n) is 3.40. The normalized spacial score (nSPS) is 19.0. The van der Waals surface area contributed by atoms with Gasteiger partial charge in [0.25, 0.3) is 0 Å². The minimum absolute atomic E-state index is 0.0462. The van der Waals surface area contributed by atoms with E-state index in [2.05, 4.69) is 23.0 Å². The molecule has 1 aromatic rings. The molecule has 2 rings (SSSR count). The number of pyridine rings is 1. The molecule has 1 aliphatic rings. The SMILES string of the molecule is C[C@H](N)c1ccc(N(C)C2CCOCC2)nc1. The van der Waals surface area contributed by atoms with Crippen molar-refractivity contribution in [1.82, 2.24) is 4.98 Å². The first-order valence-corrected chi connectivity index (χ1v) is 6.20. The highest BCUT2D eigenvalue weighted by Crippen LogP contribution is 2.20. The van der Waals surface area contributed by atoms with Crippen LogP contribution in [-0.4, -0.2) is 31.3 Å². The van der Waals surface area contributed by atoms with Crippen LogP contribution in [0.3, 0.4) is 0 Å². The van der Waals surface area contributed by atoms with Gasteiger partial charge in [-0.1, -0.05) is 6.07 Å². The van der Waals surface area contributed by atoms with Gasteiger partial charge in [0.15, 0.2) is 0 Å². The van der Waals surface area contributed by atoms with E-state index in [-0.39, 0.29) is 6.04 Å². The molecule has 0 aliphatic carbocycles. The monoisotopic (exact) mass is 235 g/mol. The summed E-state index contributed by atoms with van der Waals surface area (Å²) in [5.41, 5.74) is 6.89. The molecule has 2 N–H and O–H groups in total. The second kappa shape index (κ2) is 5.47. The Morgan fingerprint density at radius 2 is 2.12 bits per heavy atom. The smallest absolute Gasteiger partial charge is 0.128 e. The van der Waals surface area contributed by atoms with Crippen LogP contribution in [0.1, 0.15) is 31.4 Å². The molecule has 1 aliphatic heterocycles. The molecule has 2 heterocycles. The van der Waals surface area contributed by atoms with Crippen molar-refractivity contribution >= 4 is 5.82 Å². The molecule has 0 amide bonds. The molecule has 0 bridgehead atoms. The highest BCUT2D eigenvalue weighted by atomic mass is 16.5. The van der Waals surface area contributed by atoms with Crippen LogP contribution < -0.4 is 10.6 Å². The first-order valence-electron chi connectivity index (χ1n) is 6.20. The predicted octanol–water partition coefficient (Wildman–Crippen LogP) is 1.72. The molecule has 0 aromatic carbocycles. The molecule has 1 fully saturated rings. The summed E-state index contributed by atoms with van der Waals surface area (Å²) in [5, 5.41) is 0. The van der Waals surface area contributed by atoms with E-state index in [1.54, 1.807) is 0 Å². The van der Waals surface area contributed by atoms with Crippen molar-refractivity contribution in [2.45, 2.75) is 31.8 Å². The van der Waals surface area contributed by atoms with Gasteiger partial charge in [0.1, 0.15) is 5.82 Å². The van der Waals surface area contributed by atoms with Gasteiger partial charge in [-0.25, -0.2) is 4.98 Å². The van der Waals surface area contributed by atoms with Gasteiger partial charge in [-0.15, -0.1) is 0 Å². The second-order valence-corrected chi connectivity index (χ2v) is 4.69. The van der Waals surface area contributed by atoms with Gasteiger partial charge in [0.2, 0.25) is 0 Å². The summed E-state index contributed by atoms with van der Waals surface area (Å²) in [4.78, 5) is 6.72. The number of ether oxygens (including phenoxy) is 1. The Morgan fingerprint density at radius 3 is 2.65 bits per heavy atom. The number of hydrogen-bond donors (Lipinski definition) is 1. The molecule has 0 saturated carbocycles. The van der Waals surface area contributed by atoms with Gasteiger partial charge in [-0.05, 0) is 31.4 Å². The van der Waals surface area contributed by atoms with Crippen molar-refractivity contribution in [1.29, 1.82) is 0 Å². The van der Waals surface area contributed by atoms with Gasteiger partial charge < -0.3 is 15.4 Å². The Hall–Kier alpha value is -1.13. The van der Waals surface area contributed by atoms with Crippen molar-refractivity contribution in [2.24, 2.45) is 5.73 Å². The lowest BCUT2D eigenvalue weighted by atomic mass is 10.1. The van der Waals surface area contributed by atoms with Crippen LogP contribution in [0, 0.1) is 0 Å². The summed E-state index contributed by atoms with van der Waals surface area (Å²) in [6.07, 6.45) is 4.02. The first-order chi connectivity index (χ1) is 8.18. The fourth-order valence-electron chi connectivity index (χ4n) is 2.13. The van der Waals surface area contributed by atoms with Crippen LogP contribution in [-0.2, 0) is 4.74 Å². The van der Waals surface area contributed by atoms with Gasteiger partial charge in [0, 0.05) is 38.5 Å². The lowest BCUT2D eigenvalue weighted by Gasteiger charge is -2.32. The third-order valence-corrected chi connectivity index (χ3v) is 3.40. The van der Waals surface area contributed by atoms with Crippen molar-refractivity contribution in [3.8, 4) is 0 Å². The molecule has 4 nitrogen and oxygen atoms in total. The zero-order valence-corrected chi connectivity index (χ0v) is 10.6. The predicted molar refractivity (Wildman–Crippen MR) is 69.1 cm³/mol. The average molecular weight is 235 g/mol. The van der Waals surface area contributed by atoms with Gasteiger partial charge in [-0.3, -0.25) is 0 Å². The lowest BCUT2D eigenvalue weighted by Crippen LogP contribution is -2.37. The maximum Gasteiger partial charge on any atom is 0.128 e. The van der Waals surface area contributed by atoms with Crippen LogP contribution in [0.15, 0.2) is 18.3 Å². The fourth-order valence-corrected chi connectivity index (χ4v) is 2.13. The van der Waals surface area contributed by atoms with E-state index in [9.17, 15) is 0 Å². The third kappa shape index (κ3) is 2.96. The standard InChI is InChI=1S/C13H21N3O/c1-10(14)11-3-4-13(15-9-11)16(2)12-5-7-17-8-6-12/h3-4,9-10,12H,5-8,14H2,1-2H3/t10-/m0/s1. The highest BCUT2D eigenvalue weighted by Gasteiger charge is 2.19. The van der Waals surface area contributed by atoms with Crippen LogP contribution in [0.5, 0.6) is 0 Å². The van der Waals surface area contributed by atoms with Crippen molar-refractivity contribution < 1.29 is 4.74 Å². The molecule has 0 radical (unpaired) electrons. The molecule has 94 valence electrons. The fraction of sp³-hybridized carbons (Fsp3) is 0.615. The van der Waals surface area contributed by atoms with E-state index < -0.39 is 0 Å². The molecule has 1 saturated heterocycles. The van der Waals surface area contributed by atoms with E-state index >= 15 is 0 Å². The number of nitrogens with zero attached hydrogens (tertiary/aromatic N) is 2. The topological polar surface area (TPSA) is 51.4 Å². The number of nitrogens with two attached hydrogens (primary N) is 1. The van der Waals surface area contributed by atoms with E-state index in [0.29, 0.717) is 6.04 Å². The minimum atomic E-state index is 0.0462. The first kappa shape index (κ1) is 12.3. The molecular formula is C13H21N3O. The number of aromatic nitrogens is 1. The Labute approximate surface area is 103 Å². The van der Waals surface area contributed by atoms with E-state index in [1.807, 2.05) is 19.2 Å². The average Bonchev–Trinajstić information content (AvgIpc) is 2.39. The molecular weight excluding hydrogens is 214 g/mol. The quantitative estimate of drug-likeness (QED) is 0.866. The molecule has 0 spiro atoms. The van der Waals surface area contributed by atoms with Crippen LogP contribution in [0.2, 0.25) is 0 Å². The number of hydrogen-bond acceptors (Lipinski definition) is 4. The summed E-state index contributed by atoms with van der Waals surface area (Å²) >= 11 is 0. The summed E-state index contributed by atoms with van der Waals surface area (Å²) < 4.78 is 5.37. The number of anilines is 1. The van der Waals surface area contributed by atoms with E-state index in [4.69, 9.17) is 10.5 Å². The summed E-state index contributed by atoms with van der Waals surface area (Å²) in [7, 11) is 2.10. The van der Waals surface area contributed by atoms with Crippen molar-refractivity contribution in [3.05, 3.63) is 23.9 Å². The summed E-state index contributed by atoms with van der Waals surface area (Å²) in [5.74, 6) is 1.02. The van der Waals surface area contributed by atoms with Crippen molar-refractivity contribution in [3.63, 3.8) is 0 Å².